The summed E-state index contributed by atoms with van der Waals surface area (Å²) in [5.74, 6) is 0.749. The Morgan fingerprint density at radius 3 is 2.62 bits per heavy atom. The maximum Gasteiger partial charge on any atom is 0.336 e. The van der Waals surface area contributed by atoms with Crippen molar-refractivity contribution in [2.24, 2.45) is 0 Å². The molecule has 2 bridgehead atoms. The van der Waals surface area contributed by atoms with Gasteiger partial charge in [-0.05, 0) is 45.6 Å². The number of rotatable bonds is 2. The Morgan fingerprint density at radius 2 is 1.85 bits per heavy atom. The maximum absolute atomic E-state index is 13.1. The summed E-state index contributed by atoms with van der Waals surface area (Å²) >= 11 is 0. The number of esters is 1. The number of carbonyl (C=O) groups excluding carboxylic acids is 1. The van der Waals surface area contributed by atoms with E-state index in [-0.39, 0.29) is 18.0 Å². The number of benzene rings is 1. The Balaban J connectivity index is 1.59. The molecule has 4 heteroatoms. The van der Waals surface area contributed by atoms with Crippen molar-refractivity contribution in [1.29, 1.82) is 0 Å². The lowest BCUT2D eigenvalue weighted by Crippen LogP contribution is -2.54. The number of hydrogen-bond donors (Lipinski definition) is 1. The summed E-state index contributed by atoms with van der Waals surface area (Å²) in [7, 11) is 0. The van der Waals surface area contributed by atoms with Crippen LogP contribution in [0, 0.1) is 0 Å². The summed E-state index contributed by atoms with van der Waals surface area (Å²) in [5, 5.41) is 3.41. The average molecular weight is 355 g/mol. The van der Waals surface area contributed by atoms with Crippen LogP contribution in [0.25, 0.3) is 0 Å². The van der Waals surface area contributed by atoms with E-state index in [1.807, 2.05) is 25.1 Å². The number of allylic oxidation sites excluding steroid dienone is 1. The molecule has 1 fully saturated rings. The fourth-order valence-corrected chi connectivity index (χ4v) is 4.75. The number of hydrogen-bond acceptors (Lipinski definition) is 4. The Labute approximate surface area is 156 Å². The summed E-state index contributed by atoms with van der Waals surface area (Å²) in [5.41, 5.74) is 2.29. The molecule has 1 N–H and O–H groups in total. The monoisotopic (exact) mass is 355 g/mol. The van der Waals surface area contributed by atoms with Gasteiger partial charge in [0.2, 0.25) is 0 Å². The van der Waals surface area contributed by atoms with E-state index < -0.39 is 5.72 Å². The zero-order chi connectivity index (χ0) is 18.1. The summed E-state index contributed by atoms with van der Waals surface area (Å²) in [6, 6.07) is 8.05. The first-order valence-electron chi connectivity index (χ1n) is 10.0. The topological polar surface area (TPSA) is 47.6 Å². The largest absolute Gasteiger partial charge is 0.468 e. The first-order chi connectivity index (χ1) is 12.6. The van der Waals surface area contributed by atoms with Crippen molar-refractivity contribution in [3.8, 4) is 5.75 Å². The van der Waals surface area contributed by atoms with Crippen LogP contribution in [0.3, 0.4) is 0 Å². The first-order valence-corrected chi connectivity index (χ1v) is 10.0. The number of fused-ring (bicyclic) bond motifs is 4. The zero-order valence-corrected chi connectivity index (χ0v) is 15.8. The fraction of sp³-hybridized carbons (Fsp3) is 0.591. The van der Waals surface area contributed by atoms with Crippen LogP contribution >= 0.6 is 0 Å². The fourth-order valence-electron chi connectivity index (χ4n) is 4.75. The second-order valence-electron chi connectivity index (χ2n) is 8.16. The maximum atomic E-state index is 13.1. The van der Waals surface area contributed by atoms with Gasteiger partial charge in [-0.25, -0.2) is 4.79 Å². The van der Waals surface area contributed by atoms with Crippen molar-refractivity contribution in [3.63, 3.8) is 0 Å². The highest BCUT2D eigenvalue weighted by Crippen LogP contribution is 2.47. The quantitative estimate of drug-likeness (QED) is 0.774. The van der Waals surface area contributed by atoms with E-state index in [0.717, 1.165) is 54.7 Å². The molecule has 2 aliphatic heterocycles. The van der Waals surface area contributed by atoms with Gasteiger partial charge in [0.1, 0.15) is 11.9 Å². The number of ether oxygens (including phenoxy) is 2. The highest BCUT2D eigenvalue weighted by atomic mass is 16.5. The van der Waals surface area contributed by atoms with Crippen molar-refractivity contribution in [1.82, 2.24) is 5.32 Å². The second-order valence-corrected chi connectivity index (χ2v) is 8.16. The molecule has 0 amide bonds. The van der Waals surface area contributed by atoms with Crippen molar-refractivity contribution in [2.75, 3.05) is 0 Å². The molecule has 1 aromatic carbocycles. The number of para-hydroxylation sites is 1. The molecule has 0 saturated heterocycles. The van der Waals surface area contributed by atoms with Crippen LogP contribution in [-0.2, 0) is 9.53 Å². The van der Waals surface area contributed by atoms with E-state index in [2.05, 4.69) is 18.3 Å². The average Bonchev–Trinajstić information content (AvgIpc) is 2.56. The zero-order valence-electron chi connectivity index (χ0n) is 15.8. The summed E-state index contributed by atoms with van der Waals surface area (Å²) < 4.78 is 12.2. The van der Waals surface area contributed by atoms with E-state index in [4.69, 9.17) is 9.47 Å². The van der Waals surface area contributed by atoms with Gasteiger partial charge >= 0.3 is 5.97 Å². The van der Waals surface area contributed by atoms with Gasteiger partial charge in [-0.15, -0.1) is 0 Å². The predicted molar refractivity (Wildman–Crippen MR) is 101 cm³/mol. The minimum atomic E-state index is -0.465. The van der Waals surface area contributed by atoms with Crippen molar-refractivity contribution >= 4 is 5.97 Å². The lowest BCUT2D eigenvalue weighted by Gasteiger charge is -2.45. The van der Waals surface area contributed by atoms with Gasteiger partial charge in [0.15, 0.2) is 5.72 Å². The van der Waals surface area contributed by atoms with E-state index >= 15 is 0 Å². The van der Waals surface area contributed by atoms with Crippen LogP contribution in [-0.4, -0.2) is 17.8 Å². The van der Waals surface area contributed by atoms with Crippen LogP contribution < -0.4 is 10.1 Å². The summed E-state index contributed by atoms with van der Waals surface area (Å²) in [6.45, 7) is 4.02. The molecule has 140 valence electrons. The minimum absolute atomic E-state index is 0.0345. The highest BCUT2D eigenvalue weighted by molar-refractivity contribution is 5.92. The molecule has 0 unspecified atom stereocenters. The number of nitrogens with one attached hydrogen (secondary N) is 1. The molecule has 1 aromatic rings. The summed E-state index contributed by atoms with van der Waals surface area (Å²) in [6.07, 6.45) is 8.93. The highest BCUT2D eigenvalue weighted by Gasteiger charge is 2.45. The Hall–Kier alpha value is -1.97. The first kappa shape index (κ1) is 17.4. The molecular formula is C22H29NO3. The standard InChI is InChI=1S/C22H29NO3/c1-15-20(21(24)25-16-10-6-4-3-5-7-11-16)18-14-22(2,23-15)26-19-13-9-8-12-17(18)19/h8-9,12-13,16,18,23H,3-7,10-11,14H2,1-2H3/t18-,22-/m0/s1. The van der Waals surface area contributed by atoms with Gasteiger partial charge in [0, 0.05) is 23.6 Å². The van der Waals surface area contributed by atoms with E-state index in [1.54, 1.807) is 0 Å². The second kappa shape index (κ2) is 6.98. The Morgan fingerprint density at radius 1 is 1.15 bits per heavy atom. The molecule has 1 aliphatic carbocycles. The van der Waals surface area contributed by atoms with E-state index in [9.17, 15) is 4.79 Å². The minimum Gasteiger partial charge on any atom is -0.468 e. The van der Waals surface area contributed by atoms with Crippen molar-refractivity contribution in [2.45, 2.75) is 83.0 Å². The Kier molecular flexibility index (Phi) is 4.68. The van der Waals surface area contributed by atoms with Gasteiger partial charge in [-0.1, -0.05) is 37.5 Å². The molecular weight excluding hydrogens is 326 g/mol. The van der Waals surface area contributed by atoms with Crippen LogP contribution in [0.15, 0.2) is 35.5 Å². The van der Waals surface area contributed by atoms with Gasteiger partial charge in [0.05, 0.1) is 5.57 Å². The molecule has 4 rings (SSSR count). The van der Waals surface area contributed by atoms with E-state index in [0.29, 0.717) is 0 Å². The third kappa shape index (κ3) is 3.34. The van der Waals surface area contributed by atoms with Crippen molar-refractivity contribution < 1.29 is 14.3 Å². The molecule has 2 atom stereocenters. The number of carbonyl (C=O) groups is 1. The molecule has 4 nitrogen and oxygen atoms in total. The normalized spacial score (nSPS) is 28.9. The lowest BCUT2D eigenvalue weighted by molar-refractivity contribution is -0.146. The predicted octanol–water partition coefficient (Wildman–Crippen LogP) is 4.80. The molecule has 0 radical (unpaired) electrons. The van der Waals surface area contributed by atoms with Gasteiger partial charge in [-0.3, -0.25) is 0 Å². The molecule has 2 heterocycles. The van der Waals surface area contributed by atoms with Crippen LogP contribution in [0.1, 0.15) is 76.7 Å². The smallest absolute Gasteiger partial charge is 0.336 e. The van der Waals surface area contributed by atoms with Gasteiger partial charge < -0.3 is 14.8 Å². The van der Waals surface area contributed by atoms with Gasteiger partial charge in [-0.2, -0.15) is 0 Å². The van der Waals surface area contributed by atoms with Crippen LogP contribution in [0.5, 0.6) is 5.75 Å². The van der Waals surface area contributed by atoms with Crippen molar-refractivity contribution in [3.05, 3.63) is 41.1 Å². The third-order valence-electron chi connectivity index (χ3n) is 5.97. The molecule has 0 spiro atoms. The molecule has 26 heavy (non-hydrogen) atoms. The van der Waals surface area contributed by atoms with Gasteiger partial charge in [0.25, 0.3) is 0 Å². The lowest BCUT2D eigenvalue weighted by atomic mass is 9.78. The third-order valence-corrected chi connectivity index (χ3v) is 5.97. The molecule has 0 aromatic heterocycles. The van der Waals surface area contributed by atoms with Crippen LogP contribution in [0.4, 0.5) is 0 Å². The summed E-state index contributed by atoms with van der Waals surface area (Å²) in [4.78, 5) is 13.1. The molecule has 1 saturated carbocycles. The van der Waals surface area contributed by atoms with Crippen LogP contribution in [0.2, 0.25) is 0 Å². The molecule has 3 aliphatic rings. The Bertz CT molecular complexity index is 718. The van der Waals surface area contributed by atoms with E-state index in [1.165, 1.54) is 19.3 Å². The SMILES string of the molecule is CC1=C(C(=O)OC2CCCCCCC2)[C@H]2C[C@@](C)(N1)Oc1ccccc12.